The summed E-state index contributed by atoms with van der Waals surface area (Å²) in [4.78, 5) is 6.38. The number of aliphatic hydroxyl groups is 1. The van der Waals surface area contributed by atoms with Crippen LogP contribution in [-0.4, -0.2) is 45.3 Å². The third kappa shape index (κ3) is 5.84. The van der Waals surface area contributed by atoms with E-state index in [1.165, 1.54) is 0 Å². The fraction of sp³-hybridized carbons (Fsp3) is 0.769. The molecule has 0 atom stereocenters. The van der Waals surface area contributed by atoms with Crippen LogP contribution in [0.2, 0.25) is 0 Å². The molecule has 0 fully saturated rings. The highest BCUT2D eigenvalue weighted by Crippen LogP contribution is 2.05. The van der Waals surface area contributed by atoms with Gasteiger partial charge in [0.25, 0.3) is 0 Å². The van der Waals surface area contributed by atoms with Gasteiger partial charge in [0.1, 0.15) is 5.82 Å². The van der Waals surface area contributed by atoms with E-state index in [0.717, 1.165) is 38.3 Å². The topological polar surface area (TPSA) is 41.3 Å². The summed E-state index contributed by atoms with van der Waals surface area (Å²) < 4.78 is 2.18. The summed E-state index contributed by atoms with van der Waals surface area (Å²) in [6.45, 7) is 8.49. The molecule has 0 bridgehead atoms. The van der Waals surface area contributed by atoms with Gasteiger partial charge >= 0.3 is 0 Å². The first-order valence-electron chi connectivity index (χ1n) is 6.27. The van der Waals surface area contributed by atoms with E-state index in [1.807, 2.05) is 33.2 Å². The Bertz CT molecular complexity index is 328. The van der Waals surface area contributed by atoms with Crippen molar-refractivity contribution >= 4 is 0 Å². The molecular weight excluding hydrogens is 214 g/mol. The van der Waals surface area contributed by atoms with Crippen molar-refractivity contribution in [1.29, 1.82) is 0 Å². The third-order valence-electron chi connectivity index (χ3n) is 2.77. The highest BCUT2D eigenvalue weighted by Gasteiger charge is 2.14. The highest BCUT2D eigenvalue weighted by molar-refractivity contribution is 4.88. The second-order valence-electron chi connectivity index (χ2n) is 5.43. The Labute approximate surface area is 104 Å². The fourth-order valence-electron chi connectivity index (χ4n) is 2.04. The van der Waals surface area contributed by atoms with Crippen LogP contribution in [0.4, 0.5) is 0 Å². The molecular formula is C13H25N3O. The summed E-state index contributed by atoms with van der Waals surface area (Å²) in [5.41, 5.74) is -0.602. The lowest BCUT2D eigenvalue weighted by molar-refractivity contribution is 0.0441. The molecule has 0 aliphatic carbocycles. The van der Waals surface area contributed by atoms with Crippen molar-refractivity contribution in [3.63, 3.8) is 0 Å². The third-order valence-corrected chi connectivity index (χ3v) is 2.77. The van der Waals surface area contributed by atoms with Crippen molar-refractivity contribution in [3.05, 3.63) is 18.2 Å². The van der Waals surface area contributed by atoms with Gasteiger partial charge in [0, 0.05) is 25.5 Å². The van der Waals surface area contributed by atoms with Gasteiger partial charge in [-0.15, -0.1) is 0 Å². The van der Waals surface area contributed by atoms with Crippen LogP contribution in [0, 0.1) is 6.92 Å². The second kappa shape index (κ2) is 6.17. The lowest BCUT2D eigenvalue weighted by Crippen LogP contribution is -2.36. The summed E-state index contributed by atoms with van der Waals surface area (Å²) in [6, 6.07) is 0. The number of aryl methyl sites for hydroxylation is 2. The van der Waals surface area contributed by atoms with Gasteiger partial charge in [0.2, 0.25) is 0 Å². The molecule has 98 valence electrons. The maximum atomic E-state index is 9.68. The standard InChI is InChI=1S/C13H25N3O/c1-12-14-7-10-16(12)9-6-5-8-15(4)11-13(2,3)17/h7,10,17H,5-6,8-9,11H2,1-4H3. The zero-order valence-electron chi connectivity index (χ0n) is 11.5. The minimum absolute atomic E-state index is 0.602. The van der Waals surface area contributed by atoms with E-state index in [4.69, 9.17) is 0 Å². The van der Waals surface area contributed by atoms with Crippen LogP contribution < -0.4 is 0 Å². The molecule has 1 rings (SSSR count). The first-order valence-corrected chi connectivity index (χ1v) is 6.27. The molecule has 0 saturated carbocycles. The summed E-state index contributed by atoms with van der Waals surface area (Å²) in [5, 5.41) is 9.68. The molecule has 1 aromatic heterocycles. The highest BCUT2D eigenvalue weighted by atomic mass is 16.3. The average Bonchev–Trinajstić information content (AvgIpc) is 2.56. The van der Waals surface area contributed by atoms with E-state index in [2.05, 4.69) is 21.5 Å². The number of nitrogens with zero attached hydrogens (tertiary/aromatic N) is 3. The van der Waals surface area contributed by atoms with Crippen molar-refractivity contribution in [2.24, 2.45) is 0 Å². The largest absolute Gasteiger partial charge is 0.389 e. The van der Waals surface area contributed by atoms with Crippen molar-refractivity contribution in [2.75, 3.05) is 20.1 Å². The molecule has 4 heteroatoms. The molecule has 0 spiro atoms. The van der Waals surface area contributed by atoms with Crippen LogP contribution in [0.25, 0.3) is 0 Å². The number of likely N-dealkylation sites (N-methyl/N-ethyl adjacent to an activating group) is 1. The molecule has 1 aromatic rings. The number of hydrogen-bond donors (Lipinski definition) is 1. The second-order valence-corrected chi connectivity index (χ2v) is 5.43. The Morgan fingerprint density at radius 3 is 2.65 bits per heavy atom. The van der Waals surface area contributed by atoms with Crippen molar-refractivity contribution < 1.29 is 5.11 Å². The number of rotatable bonds is 7. The number of aromatic nitrogens is 2. The predicted molar refractivity (Wildman–Crippen MR) is 70.0 cm³/mol. The first-order chi connectivity index (χ1) is 7.88. The van der Waals surface area contributed by atoms with Crippen LogP contribution in [0.5, 0.6) is 0 Å². The minimum atomic E-state index is -0.602. The summed E-state index contributed by atoms with van der Waals surface area (Å²) in [7, 11) is 2.06. The smallest absolute Gasteiger partial charge is 0.105 e. The van der Waals surface area contributed by atoms with E-state index >= 15 is 0 Å². The van der Waals surface area contributed by atoms with Crippen LogP contribution in [0.1, 0.15) is 32.5 Å². The van der Waals surface area contributed by atoms with Crippen LogP contribution in [-0.2, 0) is 6.54 Å². The summed E-state index contributed by atoms with van der Waals surface area (Å²) in [5.74, 6) is 1.08. The van der Waals surface area contributed by atoms with Gasteiger partial charge in [-0.2, -0.15) is 0 Å². The zero-order chi connectivity index (χ0) is 12.9. The lowest BCUT2D eigenvalue weighted by Gasteiger charge is -2.25. The molecule has 4 nitrogen and oxygen atoms in total. The fourth-order valence-corrected chi connectivity index (χ4v) is 2.04. The predicted octanol–water partition coefficient (Wildman–Crippen LogP) is 1.67. The average molecular weight is 239 g/mol. The maximum Gasteiger partial charge on any atom is 0.105 e. The van der Waals surface area contributed by atoms with E-state index in [-0.39, 0.29) is 0 Å². The molecule has 0 unspecified atom stereocenters. The van der Waals surface area contributed by atoms with Crippen LogP contribution >= 0.6 is 0 Å². The van der Waals surface area contributed by atoms with E-state index in [1.54, 1.807) is 0 Å². The molecule has 0 radical (unpaired) electrons. The van der Waals surface area contributed by atoms with Gasteiger partial charge in [-0.25, -0.2) is 4.98 Å². The maximum absolute atomic E-state index is 9.68. The van der Waals surface area contributed by atoms with Gasteiger partial charge in [-0.05, 0) is 47.2 Å². The van der Waals surface area contributed by atoms with E-state index < -0.39 is 5.60 Å². The van der Waals surface area contributed by atoms with Gasteiger partial charge in [-0.1, -0.05) is 0 Å². The molecule has 0 saturated heterocycles. The van der Waals surface area contributed by atoms with Gasteiger partial charge < -0.3 is 14.6 Å². The Morgan fingerprint density at radius 1 is 1.41 bits per heavy atom. The zero-order valence-corrected chi connectivity index (χ0v) is 11.5. The first kappa shape index (κ1) is 14.2. The molecule has 0 amide bonds. The molecule has 17 heavy (non-hydrogen) atoms. The summed E-state index contributed by atoms with van der Waals surface area (Å²) >= 11 is 0. The van der Waals surface area contributed by atoms with Gasteiger partial charge in [0.15, 0.2) is 0 Å². The Balaban J connectivity index is 2.14. The number of unbranched alkanes of at least 4 members (excludes halogenated alkanes) is 1. The summed E-state index contributed by atoms with van der Waals surface area (Å²) in [6.07, 6.45) is 6.16. The normalized spacial score (nSPS) is 12.4. The molecule has 0 aliphatic rings. The molecule has 0 aliphatic heterocycles. The monoisotopic (exact) mass is 239 g/mol. The lowest BCUT2D eigenvalue weighted by atomic mass is 10.1. The minimum Gasteiger partial charge on any atom is -0.389 e. The SMILES string of the molecule is Cc1nccn1CCCCN(C)CC(C)(C)O. The molecule has 0 aromatic carbocycles. The Morgan fingerprint density at radius 2 is 2.12 bits per heavy atom. The van der Waals surface area contributed by atoms with Crippen LogP contribution in [0.15, 0.2) is 12.4 Å². The van der Waals surface area contributed by atoms with E-state index in [9.17, 15) is 5.11 Å². The van der Waals surface area contributed by atoms with Crippen molar-refractivity contribution in [2.45, 2.75) is 45.8 Å². The van der Waals surface area contributed by atoms with Gasteiger partial charge in [0.05, 0.1) is 5.60 Å². The molecule has 1 N–H and O–H groups in total. The van der Waals surface area contributed by atoms with E-state index in [0.29, 0.717) is 0 Å². The van der Waals surface area contributed by atoms with Crippen LogP contribution in [0.3, 0.4) is 0 Å². The van der Waals surface area contributed by atoms with Crippen molar-refractivity contribution in [3.8, 4) is 0 Å². The quantitative estimate of drug-likeness (QED) is 0.736. The Kier molecular flexibility index (Phi) is 5.15. The molecule has 1 heterocycles. The number of imidazole rings is 1. The number of hydrogen-bond acceptors (Lipinski definition) is 3. The van der Waals surface area contributed by atoms with Gasteiger partial charge in [-0.3, -0.25) is 0 Å². The van der Waals surface area contributed by atoms with Crippen molar-refractivity contribution in [1.82, 2.24) is 14.5 Å². The Hall–Kier alpha value is -0.870.